The number of benzene rings is 2. The molecule has 0 saturated heterocycles. The molecule has 0 radical (unpaired) electrons. The van der Waals surface area contributed by atoms with Crippen LogP contribution in [0.15, 0.2) is 59.7 Å². The molecule has 0 aliphatic heterocycles. The van der Waals surface area contributed by atoms with Crippen LogP contribution in [0.5, 0.6) is 0 Å². The van der Waals surface area contributed by atoms with Crippen LogP contribution >= 0.6 is 0 Å². The van der Waals surface area contributed by atoms with Crippen molar-refractivity contribution in [3.63, 3.8) is 0 Å². The topological polar surface area (TPSA) is 81.6 Å². The van der Waals surface area contributed by atoms with E-state index in [1.54, 1.807) is 24.3 Å². The number of nitrogens with zero attached hydrogens (tertiary/aromatic N) is 3. The average Bonchev–Trinajstić information content (AvgIpc) is 2.40. The molecule has 6 heteroatoms. The smallest absolute Gasteiger partial charge is 0.269 e. The number of nitro groups is 1. The molecule has 0 atom stereocenters. The van der Waals surface area contributed by atoms with Crippen molar-refractivity contribution in [3.8, 4) is 0 Å². The number of azo groups is 1. The zero-order chi connectivity index (χ0) is 13.0. The number of rotatable bonds is 3. The normalized spacial score (nSPS) is 11.2. The Kier molecular flexibility index (Phi) is 3.29. The van der Waals surface area contributed by atoms with E-state index in [0.29, 0.717) is 10.5 Å². The van der Waals surface area contributed by atoms with Gasteiger partial charge in [-0.05, 0) is 12.1 Å². The van der Waals surface area contributed by atoms with Gasteiger partial charge in [-0.3, -0.25) is 10.1 Å². The second-order valence-electron chi connectivity index (χ2n) is 3.48. The number of nitro benzene ring substituents is 1. The van der Waals surface area contributed by atoms with Gasteiger partial charge >= 0.3 is 0 Å². The van der Waals surface area contributed by atoms with Crippen LogP contribution in [0.25, 0.3) is 0 Å². The molecule has 0 aromatic heterocycles. The van der Waals surface area contributed by atoms with Crippen LogP contribution in [0.3, 0.4) is 0 Å². The first kappa shape index (κ1) is 11.7. The number of hydrogen-bond donors (Lipinski definition) is 0. The highest BCUT2D eigenvalue weighted by atomic mass is 16.6. The largest absolute Gasteiger partial charge is 0.594 e. The van der Waals surface area contributed by atoms with E-state index in [4.69, 9.17) is 0 Å². The second-order valence-corrected chi connectivity index (χ2v) is 3.48. The van der Waals surface area contributed by atoms with Gasteiger partial charge in [-0.1, -0.05) is 23.1 Å². The SMILES string of the molecule is O=[N+]([O-])c1ccc([N+]([O-])=Nc2ccccc2)cc1. The van der Waals surface area contributed by atoms with Gasteiger partial charge in [0.15, 0.2) is 0 Å². The van der Waals surface area contributed by atoms with Crippen molar-refractivity contribution in [2.24, 2.45) is 5.11 Å². The van der Waals surface area contributed by atoms with E-state index in [1.165, 1.54) is 24.3 Å². The maximum atomic E-state index is 11.7. The molecule has 0 saturated carbocycles. The summed E-state index contributed by atoms with van der Waals surface area (Å²) in [6.45, 7) is 0. The monoisotopic (exact) mass is 243 g/mol. The summed E-state index contributed by atoms with van der Waals surface area (Å²) in [6.07, 6.45) is 0. The van der Waals surface area contributed by atoms with Gasteiger partial charge in [0, 0.05) is 29.4 Å². The van der Waals surface area contributed by atoms with E-state index < -0.39 is 4.92 Å². The molecule has 2 rings (SSSR count). The maximum Gasteiger partial charge on any atom is 0.269 e. The van der Waals surface area contributed by atoms with Gasteiger partial charge in [0.05, 0.1) is 4.92 Å². The molecule has 0 amide bonds. The van der Waals surface area contributed by atoms with Gasteiger partial charge in [0.25, 0.3) is 5.69 Å². The molecule has 0 fully saturated rings. The standard InChI is InChI=1S/C12H9N3O3/c16-14(13-10-4-2-1-3-5-10)11-6-8-12(9-7-11)15(17)18/h1-9H. The fourth-order valence-corrected chi connectivity index (χ4v) is 1.36. The van der Waals surface area contributed by atoms with E-state index in [1.807, 2.05) is 6.07 Å². The van der Waals surface area contributed by atoms with E-state index in [-0.39, 0.29) is 11.4 Å². The Morgan fingerprint density at radius 2 is 1.39 bits per heavy atom. The van der Waals surface area contributed by atoms with Crippen molar-refractivity contribution >= 4 is 17.1 Å². The minimum atomic E-state index is -0.521. The summed E-state index contributed by atoms with van der Waals surface area (Å²) in [4.78, 5) is 10.4. The molecule has 90 valence electrons. The Morgan fingerprint density at radius 1 is 0.833 bits per heavy atom. The number of hydrogen-bond acceptors (Lipinski definition) is 4. The second kappa shape index (κ2) is 5.05. The predicted octanol–water partition coefficient (Wildman–Crippen LogP) is 3.52. The van der Waals surface area contributed by atoms with E-state index in [0.717, 1.165) is 0 Å². The molecule has 0 heterocycles. The summed E-state index contributed by atoms with van der Waals surface area (Å²) in [7, 11) is 0. The minimum Gasteiger partial charge on any atom is -0.594 e. The van der Waals surface area contributed by atoms with E-state index >= 15 is 0 Å². The Bertz CT molecular complexity index is 579. The van der Waals surface area contributed by atoms with E-state index in [9.17, 15) is 15.3 Å². The van der Waals surface area contributed by atoms with Gasteiger partial charge in [-0.2, -0.15) is 0 Å². The lowest BCUT2D eigenvalue weighted by Crippen LogP contribution is -1.92. The molecule has 18 heavy (non-hydrogen) atoms. The highest BCUT2D eigenvalue weighted by Crippen LogP contribution is 2.20. The third kappa shape index (κ3) is 2.67. The fourth-order valence-electron chi connectivity index (χ4n) is 1.36. The van der Waals surface area contributed by atoms with Crippen LogP contribution in [0.2, 0.25) is 0 Å². The average molecular weight is 243 g/mol. The van der Waals surface area contributed by atoms with Gasteiger partial charge in [0.2, 0.25) is 5.69 Å². The lowest BCUT2D eigenvalue weighted by atomic mass is 10.3. The van der Waals surface area contributed by atoms with Gasteiger partial charge < -0.3 is 5.21 Å². The summed E-state index contributed by atoms with van der Waals surface area (Å²) >= 11 is 0. The molecule has 0 bridgehead atoms. The van der Waals surface area contributed by atoms with Crippen molar-refractivity contribution in [1.29, 1.82) is 0 Å². The summed E-state index contributed by atoms with van der Waals surface area (Å²) < 4.78 is 0. The molecule has 0 aliphatic carbocycles. The Labute approximate surface area is 103 Å². The molecule has 2 aromatic rings. The molecular formula is C12H9N3O3. The maximum absolute atomic E-state index is 11.7. The third-order valence-electron chi connectivity index (χ3n) is 2.24. The van der Waals surface area contributed by atoms with Crippen LogP contribution in [-0.4, -0.2) is 9.78 Å². The van der Waals surface area contributed by atoms with Gasteiger partial charge in [-0.25, -0.2) is 0 Å². The molecule has 6 nitrogen and oxygen atoms in total. The van der Waals surface area contributed by atoms with Crippen LogP contribution in [0, 0.1) is 15.3 Å². The van der Waals surface area contributed by atoms with Crippen LogP contribution < -0.4 is 0 Å². The van der Waals surface area contributed by atoms with Crippen LogP contribution in [0.4, 0.5) is 17.1 Å². The minimum absolute atomic E-state index is 0.0631. The zero-order valence-corrected chi connectivity index (χ0v) is 9.26. The lowest BCUT2D eigenvalue weighted by Gasteiger charge is -1.99. The number of non-ortho nitro benzene ring substituents is 1. The lowest BCUT2D eigenvalue weighted by molar-refractivity contribution is -0.435. The van der Waals surface area contributed by atoms with Gasteiger partial charge in [-0.15, -0.1) is 0 Å². The van der Waals surface area contributed by atoms with Gasteiger partial charge in [0.1, 0.15) is 5.69 Å². The Balaban J connectivity index is 2.26. The molecule has 0 unspecified atom stereocenters. The van der Waals surface area contributed by atoms with Crippen molar-refractivity contribution < 1.29 is 9.78 Å². The van der Waals surface area contributed by atoms with E-state index in [2.05, 4.69) is 5.11 Å². The van der Waals surface area contributed by atoms with Crippen molar-refractivity contribution in [1.82, 2.24) is 0 Å². The van der Waals surface area contributed by atoms with Crippen LogP contribution in [0.1, 0.15) is 0 Å². The van der Waals surface area contributed by atoms with Crippen molar-refractivity contribution in [2.75, 3.05) is 0 Å². The summed E-state index contributed by atoms with van der Waals surface area (Å²) in [5.74, 6) is 0. The molecule has 0 aliphatic rings. The molecular weight excluding hydrogens is 234 g/mol. The summed E-state index contributed by atoms with van der Waals surface area (Å²) in [6, 6.07) is 14.0. The third-order valence-corrected chi connectivity index (χ3v) is 2.24. The molecule has 0 N–H and O–H groups in total. The highest BCUT2D eigenvalue weighted by Gasteiger charge is 2.09. The summed E-state index contributed by atoms with van der Waals surface area (Å²) in [5.41, 5.74) is 0.696. The molecule has 2 aromatic carbocycles. The zero-order valence-electron chi connectivity index (χ0n) is 9.26. The Hall–Kier alpha value is -2.76. The van der Waals surface area contributed by atoms with Crippen LogP contribution in [-0.2, 0) is 0 Å². The first-order chi connectivity index (χ1) is 8.66. The van der Waals surface area contributed by atoms with Crippen molar-refractivity contribution in [2.45, 2.75) is 0 Å². The fraction of sp³-hybridized carbons (Fsp3) is 0. The predicted molar refractivity (Wildman–Crippen MR) is 64.9 cm³/mol. The summed E-state index contributed by atoms with van der Waals surface area (Å²) in [5, 5.41) is 26.0. The van der Waals surface area contributed by atoms with Crippen molar-refractivity contribution in [3.05, 3.63) is 69.9 Å². The Morgan fingerprint density at radius 3 is 1.94 bits per heavy atom. The first-order valence-electron chi connectivity index (χ1n) is 5.15. The molecule has 0 spiro atoms. The first-order valence-corrected chi connectivity index (χ1v) is 5.15. The highest BCUT2D eigenvalue weighted by molar-refractivity contribution is 5.40. The quantitative estimate of drug-likeness (QED) is 0.358.